The Morgan fingerprint density at radius 2 is 2.10 bits per heavy atom. The SMILES string of the molecule is CCCCC(CC)C(CO)NS(=O)(=O)c1ccc(Cl)s1. The maximum Gasteiger partial charge on any atom is 0.250 e. The van der Waals surface area contributed by atoms with Crippen molar-refractivity contribution < 1.29 is 13.5 Å². The number of halogens is 1. The molecule has 0 aliphatic rings. The summed E-state index contributed by atoms with van der Waals surface area (Å²) in [5, 5.41) is 9.49. The summed E-state index contributed by atoms with van der Waals surface area (Å²) in [5.74, 6) is 0.144. The first-order valence-electron chi connectivity index (χ1n) is 6.83. The van der Waals surface area contributed by atoms with E-state index in [4.69, 9.17) is 11.6 Å². The lowest BCUT2D eigenvalue weighted by atomic mass is 9.92. The molecule has 0 amide bonds. The Labute approximate surface area is 130 Å². The van der Waals surface area contributed by atoms with Gasteiger partial charge in [0.05, 0.1) is 10.9 Å². The molecule has 1 aromatic rings. The Kier molecular flexibility index (Phi) is 7.47. The van der Waals surface area contributed by atoms with Gasteiger partial charge in [0, 0.05) is 6.04 Å². The molecule has 1 aromatic heterocycles. The molecule has 0 bridgehead atoms. The molecule has 7 heteroatoms. The number of aliphatic hydroxyl groups excluding tert-OH is 1. The lowest BCUT2D eigenvalue weighted by Crippen LogP contribution is -2.42. The molecule has 0 aliphatic heterocycles. The van der Waals surface area contributed by atoms with Crippen LogP contribution in [0.15, 0.2) is 16.3 Å². The lowest BCUT2D eigenvalue weighted by Gasteiger charge is -2.25. The van der Waals surface area contributed by atoms with E-state index in [2.05, 4.69) is 11.6 Å². The maximum absolute atomic E-state index is 12.2. The van der Waals surface area contributed by atoms with Gasteiger partial charge in [0.2, 0.25) is 10.0 Å². The summed E-state index contributed by atoms with van der Waals surface area (Å²) in [6.07, 6.45) is 3.83. The average Bonchev–Trinajstić information content (AvgIpc) is 2.85. The van der Waals surface area contributed by atoms with Crippen LogP contribution in [0.3, 0.4) is 0 Å². The molecule has 0 aromatic carbocycles. The zero-order valence-corrected chi connectivity index (χ0v) is 14.2. The average molecular weight is 340 g/mol. The minimum Gasteiger partial charge on any atom is -0.395 e. The van der Waals surface area contributed by atoms with Crippen molar-refractivity contribution in [3.8, 4) is 0 Å². The molecule has 0 fully saturated rings. The van der Waals surface area contributed by atoms with Crippen LogP contribution in [0.4, 0.5) is 0 Å². The third-order valence-corrected chi connectivity index (χ3v) is 6.55. The topological polar surface area (TPSA) is 66.4 Å². The number of sulfonamides is 1. The first-order valence-corrected chi connectivity index (χ1v) is 9.50. The minimum atomic E-state index is -3.61. The molecule has 4 nitrogen and oxygen atoms in total. The van der Waals surface area contributed by atoms with Crippen LogP contribution < -0.4 is 4.72 Å². The van der Waals surface area contributed by atoms with E-state index in [0.29, 0.717) is 4.34 Å². The molecule has 0 radical (unpaired) electrons. The number of hydrogen-bond acceptors (Lipinski definition) is 4. The third kappa shape index (κ3) is 5.00. The fraction of sp³-hybridized carbons (Fsp3) is 0.692. The van der Waals surface area contributed by atoms with Crippen LogP contribution in [-0.2, 0) is 10.0 Å². The summed E-state index contributed by atoms with van der Waals surface area (Å²) in [7, 11) is -3.61. The summed E-state index contributed by atoms with van der Waals surface area (Å²) in [6, 6.07) is 2.59. The summed E-state index contributed by atoms with van der Waals surface area (Å²) in [5.41, 5.74) is 0. The molecule has 20 heavy (non-hydrogen) atoms. The lowest BCUT2D eigenvalue weighted by molar-refractivity contribution is 0.204. The smallest absolute Gasteiger partial charge is 0.250 e. The van der Waals surface area contributed by atoms with E-state index in [1.165, 1.54) is 6.07 Å². The van der Waals surface area contributed by atoms with Gasteiger partial charge in [-0.3, -0.25) is 0 Å². The highest BCUT2D eigenvalue weighted by Crippen LogP contribution is 2.26. The van der Waals surface area contributed by atoms with Crippen molar-refractivity contribution in [1.82, 2.24) is 4.72 Å². The van der Waals surface area contributed by atoms with Crippen LogP contribution in [0.25, 0.3) is 0 Å². The molecule has 0 aliphatic carbocycles. The van der Waals surface area contributed by atoms with Crippen LogP contribution in [0.1, 0.15) is 39.5 Å². The Balaban J connectivity index is 2.80. The molecule has 2 unspecified atom stereocenters. The zero-order chi connectivity index (χ0) is 15.2. The molecule has 2 atom stereocenters. The number of rotatable bonds is 9. The fourth-order valence-corrected chi connectivity index (χ4v) is 4.93. The molecule has 0 saturated heterocycles. The monoisotopic (exact) mass is 339 g/mol. The number of aliphatic hydroxyl groups is 1. The van der Waals surface area contributed by atoms with E-state index in [0.717, 1.165) is 37.0 Å². The molecular formula is C13H22ClNO3S2. The summed E-state index contributed by atoms with van der Waals surface area (Å²) < 4.78 is 27.7. The van der Waals surface area contributed by atoms with E-state index >= 15 is 0 Å². The van der Waals surface area contributed by atoms with Crippen LogP contribution >= 0.6 is 22.9 Å². The second kappa shape index (κ2) is 8.34. The molecule has 1 rings (SSSR count). The second-order valence-electron chi connectivity index (χ2n) is 4.78. The normalized spacial score (nSPS) is 15.2. The second-order valence-corrected chi connectivity index (χ2v) is 8.44. The van der Waals surface area contributed by atoms with Crippen LogP contribution in [0, 0.1) is 5.92 Å². The van der Waals surface area contributed by atoms with Gasteiger partial charge in [-0.15, -0.1) is 11.3 Å². The first-order chi connectivity index (χ1) is 9.44. The predicted octanol–water partition coefficient (Wildman–Crippen LogP) is 3.26. The van der Waals surface area contributed by atoms with Gasteiger partial charge >= 0.3 is 0 Å². The van der Waals surface area contributed by atoms with E-state index in [1.54, 1.807) is 6.07 Å². The first kappa shape index (κ1) is 17.9. The highest BCUT2D eigenvalue weighted by Gasteiger charge is 2.26. The van der Waals surface area contributed by atoms with Gasteiger partial charge in [-0.25, -0.2) is 13.1 Å². The highest BCUT2D eigenvalue weighted by atomic mass is 35.5. The third-order valence-electron chi connectivity index (χ3n) is 3.34. The largest absolute Gasteiger partial charge is 0.395 e. The van der Waals surface area contributed by atoms with E-state index in [9.17, 15) is 13.5 Å². The van der Waals surface area contributed by atoms with E-state index in [-0.39, 0.29) is 16.7 Å². The van der Waals surface area contributed by atoms with Crippen LogP contribution in [0.5, 0.6) is 0 Å². The Morgan fingerprint density at radius 3 is 2.55 bits per heavy atom. The molecule has 0 saturated carbocycles. The molecule has 2 N–H and O–H groups in total. The summed E-state index contributed by atoms with van der Waals surface area (Å²) >= 11 is 6.79. The van der Waals surface area contributed by atoms with Crippen molar-refractivity contribution in [2.24, 2.45) is 5.92 Å². The Morgan fingerprint density at radius 1 is 1.40 bits per heavy atom. The molecule has 0 spiro atoms. The van der Waals surface area contributed by atoms with Crippen LogP contribution in [0.2, 0.25) is 4.34 Å². The number of nitrogens with one attached hydrogen (secondary N) is 1. The van der Waals surface area contributed by atoms with Gasteiger partial charge in [-0.1, -0.05) is 44.7 Å². The molecular weight excluding hydrogens is 318 g/mol. The van der Waals surface area contributed by atoms with Crippen molar-refractivity contribution in [2.75, 3.05) is 6.61 Å². The minimum absolute atomic E-state index is 0.144. The fourth-order valence-electron chi connectivity index (χ4n) is 2.14. The van der Waals surface area contributed by atoms with E-state index < -0.39 is 16.1 Å². The van der Waals surface area contributed by atoms with Gasteiger partial charge in [0.15, 0.2) is 0 Å². The van der Waals surface area contributed by atoms with Crippen molar-refractivity contribution in [2.45, 2.75) is 49.8 Å². The number of unbranched alkanes of at least 4 members (excludes halogenated alkanes) is 1. The van der Waals surface area contributed by atoms with Gasteiger partial charge in [0.25, 0.3) is 0 Å². The van der Waals surface area contributed by atoms with Crippen molar-refractivity contribution in [3.63, 3.8) is 0 Å². The van der Waals surface area contributed by atoms with Crippen LogP contribution in [-0.4, -0.2) is 26.2 Å². The molecule has 1 heterocycles. The Bertz CT molecular complexity index is 501. The maximum atomic E-state index is 12.2. The Hall–Kier alpha value is -0.140. The van der Waals surface area contributed by atoms with Gasteiger partial charge < -0.3 is 5.11 Å². The number of hydrogen-bond donors (Lipinski definition) is 2. The van der Waals surface area contributed by atoms with Gasteiger partial charge in [0.1, 0.15) is 4.21 Å². The van der Waals surface area contributed by atoms with Gasteiger partial charge in [-0.05, 0) is 24.5 Å². The zero-order valence-electron chi connectivity index (χ0n) is 11.8. The van der Waals surface area contributed by atoms with Crippen molar-refractivity contribution in [3.05, 3.63) is 16.5 Å². The standard InChI is InChI=1S/C13H22ClNO3S2/c1-3-5-6-10(4-2)11(9-16)15-20(17,18)13-8-7-12(14)19-13/h7-8,10-11,15-16H,3-6,9H2,1-2H3. The highest BCUT2D eigenvalue weighted by molar-refractivity contribution is 7.91. The van der Waals surface area contributed by atoms with Crippen molar-refractivity contribution >= 4 is 33.0 Å². The summed E-state index contributed by atoms with van der Waals surface area (Å²) in [6.45, 7) is 3.92. The van der Waals surface area contributed by atoms with Crippen molar-refractivity contribution in [1.29, 1.82) is 0 Å². The quantitative estimate of drug-likeness (QED) is 0.725. The van der Waals surface area contributed by atoms with E-state index in [1.807, 2.05) is 6.92 Å². The number of thiophene rings is 1. The van der Waals surface area contributed by atoms with Gasteiger partial charge in [-0.2, -0.15) is 0 Å². The summed E-state index contributed by atoms with van der Waals surface area (Å²) in [4.78, 5) is 0. The predicted molar refractivity (Wildman–Crippen MR) is 83.8 cm³/mol. The molecule has 116 valence electrons.